The fourth-order valence-corrected chi connectivity index (χ4v) is 3.33. The quantitative estimate of drug-likeness (QED) is 0.491. The highest BCUT2D eigenvalue weighted by Gasteiger charge is 2.13. The number of aromatic nitrogens is 3. The molecule has 0 fully saturated rings. The van der Waals surface area contributed by atoms with Gasteiger partial charge in [0.1, 0.15) is 11.6 Å². The molecule has 0 saturated carbocycles. The monoisotopic (exact) mass is 418 g/mol. The molecule has 4 aromatic rings. The molecule has 0 radical (unpaired) electrons. The summed E-state index contributed by atoms with van der Waals surface area (Å²) in [4.78, 5) is 16.8. The Kier molecular flexibility index (Phi) is 5.50. The van der Waals surface area contributed by atoms with Gasteiger partial charge in [0.15, 0.2) is 0 Å². The zero-order chi connectivity index (χ0) is 21.1. The Balaban J connectivity index is 1.55. The van der Waals surface area contributed by atoms with Crippen molar-refractivity contribution in [1.82, 2.24) is 14.8 Å². The Morgan fingerprint density at radius 1 is 1.03 bits per heavy atom. The van der Waals surface area contributed by atoms with E-state index in [1.165, 1.54) is 0 Å². The lowest BCUT2D eigenvalue weighted by Crippen LogP contribution is -2.13. The van der Waals surface area contributed by atoms with Crippen molar-refractivity contribution >= 4 is 23.3 Å². The third-order valence-electron chi connectivity index (χ3n) is 4.66. The van der Waals surface area contributed by atoms with Gasteiger partial charge in [-0.25, -0.2) is 4.98 Å². The number of amides is 1. The molecule has 7 heteroatoms. The largest absolute Gasteiger partial charge is 0.497 e. The molecule has 0 spiro atoms. The summed E-state index contributed by atoms with van der Waals surface area (Å²) < 4.78 is 7.09. The fourth-order valence-electron chi connectivity index (χ4n) is 3.11. The van der Waals surface area contributed by atoms with Crippen LogP contribution in [0.1, 0.15) is 10.4 Å². The van der Waals surface area contributed by atoms with Crippen LogP contribution in [0.5, 0.6) is 5.75 Å². The molecule has 0 aliphatic carbocycles. The number of nitrogens with zero attached hydrogens (tertiary/aromatic N) is 3. The molecule has 0 atom stereocenters. The number of pyridine rings is 1. The first-order valence-corrected chi connectivity index (χ1v) is 9.64. The minimum atomic E-state index is -0.304. The Bertz CT molecular complexity index is 1200. The van der Waals surface area contributed by atoms with Crippen LogP contribution in [0.3, 0.4) is 0 Å². The number of hydrogen-bond acceptors (Lipinski definition) is 4. The second-order valence-corrected chi connectivity index (χ2v) is 7.04. The SMILES string of the molecule is COc1cccc(-c2cc(-c3ccc(NC(=O)c4ccccc4Cl)nc3)n(C)n2)c1. The number of benzene rings is 2. The van der Waals surface area contributed by atoms with Gasteiger partial charge in [-0.2, -0.15) is 5.10 Å². The van der Waals surface area contributed by atoms with Crippen molar-refractivity contribution in [3.8, 4) is 28.3 Å². The van der Waals surface area contributed by atoms with Crippen LogP contribution >= 0.6 is 11.6 Å². The molecule has 1 amide bonds. The molecule has 1 N–H and O–H groups in total. The molecule has 2 aromatic carbocycles. The summed E-state index contributed by atoms with van der Waals surface area (Å²) in [6.07, 6.45) is 1.70. The second-order valence-electron chi connectivity index (χ2n) is 6.64. The van der Waals surface area contributed by atoms with Gasteiger partial charge in [0, 0.05) is 24.4 Å². The van der Waals surface area contributed by atoms with Gasteiger partial charge in [-0.1, -0.05) is 35.9 Å². The van der Waals surface area contributed by atoms with Crippen LogP contribution in [0.2, 0.25) is 5.02 Å². The first kappa shape index (κ1) is 19.7. The van der Waals surface area contributed by atoms with Crippen molar-refractivity contribution in [2.75, 3.05) is 12.4 Å². The molecule has 0 saturated heterocycles. The van der Waals surface area contributed by atoms with Crippen molar-refractivity contribution in [1.29, 1.82) is 0 Å². The second kappa shape index (κ2) is 8.39. The van der Waals surface area contributed by atoms with E-state index in [1.807, 2.05) is 43.4 Å². The third kappa shape index (κ3) is 4.04. The number of aryl methyl sites for hydroxylation is 1. The molecular weight excluding hydrogens is 400 g/mol. The summed E-state index contributed by atoms with van der Waals surface area (Å²) in [5, 5.41) is 7.76. The smallest absolute Gasteiger partial charge is 0.258 e. The topological polar surface area (TPSA) is 69.0 Å². The molecule has 0 bridgehead atoms. The number of halogens is 1. The summed E-state index contributed by atoms with van der Waals surface area (Å²) in [7, 11) is 3.52. The Hall–Kier alpha value is -3.64. The van der Waals surface area contributed by atoms with E-state index in [9.17, 15) is 4.79 Å². The number of carbonyl (C=O) groups excluding carboxylic acids is 1. The van der Waals surface area contributed by atoms with E-state index >= 15 is 0 Å². The molecule has 4 rings (SSSR count). The zero-order valence-electron chi connectivity index (χ0n) is 16.5. The number of hydrogen-bond donors (Lipinski definition) is 1. The normalized spacial score (nSPS) is 10.6. The average molecular weight is 419 g/mol. The van der Waals surface area contributed by atoms with E-state index in [0.717, 1.165) is 28.3 Å². The molecule has 2 heterocycles. The molecule has 30 heavy (non-hydrogen) atoms. The van der Waals surface area contributed by atoms with Gasteiger partial charge >= 0.3 is 0 Å². The fraction of sp³-hybridized carbons (Fsp3) is 0.0870. The minimum absolute atomic E-state index is 0.304. The minimum Gasteiger partial charge on any atom is -0.497 e. The van der Waals surface area contributed by atoms with Gasteiger partial charge in [0.25, 0.3) is 5.91 Å². The summed E-state index contributed by atoms with van der Waals surface area (Å²) in [6, 6.07) is 20.3. The lowest BCUT2D eigenvalue weighted by atomic mass is 10.1. The predicted molar refractivity (Wildman–Crippen MR) is 118 cm³/mol. The maximum Gasteiger partial charge on any atom is 0.258 e. The van der Waals surface area contributed by atoms with E-state index in [1.54, 1.807) is 48.3 Å². The van der Waals surface area contributed by atoms with E-state index in [2.05, 4.69) is 15.4 Å². The molecule has 6 nitrogen and oxygen atoms in total. The van der Waals surface area contributed by atoms with Crippen LogP contribution in [0.4, 0.5) is 5.82 Å². The maximum atomic E-state index is 12.4. The van der Waals surface area contributed by atoms with Crippen molar-refractivity contribution in [3.63, 3.8) is 0 Å². The van der Waals surface area contributed by atoms with Gasteiger partial charge in [0.2, 0.25) is 0 Å². The van der Waals surface area contributed by atoms with Crippen LogP contribution < -0.4 is 10.1 Å². The summed E-state index contributed by atoms with van der Waals surface area (Å²) in [5.74, 6) is 0.917. The summed E-state index contributed by atoms with van der Waals surface area (Å²) >= 11 is 6.08. The zero-order valence-corrected chi connectivity index (χ0v) is 17.2. The van der Waals surface area contributed by atoms with Crippen molar-refractivity contribution < 1.29 is 9.53 Å². The molecule has 0 aliphatic heterocycles. The average Bonchev–Trinajstić information content (AvgIpc) is 3.16. The molecule has 2 aromatic heterocycles. The molecule has 0 aliphatic rings. The first-order chi connectivity index (χ1) is 14.5. The van der Waals surface area contributed by atoms with Gasteiger partial charge in [-0.15, -0.1) is 0 Å². The van der Waals surface area contributed by atoms with E-state index < -0.39 is 0 Å². The number of carbonyl (C=O) groups is 1. The summed E-state index contributed by atoms with van der Waals surface area (Å²) in [5.41, 5.74) is 3.99. The van der Waals surface area contributed by atoms with E-state index in [-0.39, 0.29) is 5.91 Å². The number of rotatable bonds is 5. The highest BCUT2D eigenvalue weighted by atomic mass is 35.5. The van der Waals surface area contributed by atoms with Crippen LogP contribution in [-0.2, 0) is 7.05 Å². The Labute approximate surface area is 179 Å². The van der Waals surface area contributed by atoms with Gasteiger partial charge in [-0.05, 0) is 42.5 Å². The highest BCUT2D eigenvalue weighted by Crippen LogP contribution is 2.28. The lowest BCUT2D eigenvalue weighted by molar-refractivity contribution is 0.102. The number of nitrogens with one attached hydrogen (secondary N) is 1. The van der Waals surface area contributed by atoms with Crippen LogP contribution in [0.15, 0.2) is 72.9 Å². The van der Waals surface area contributed by atoms with Gasteiger partial charge in [0.05, 0.1) is 29.1 Å². The number of ether oxygens (including phenoxy) is 1. The Morgan fingerprint density at radius 3 is 2.60 bits per heavy atom. The van der Waals surface area contributed by atoms with Crippen LogP contribution in [0, 0.1) is 0 Å². The highest BCUT2D eigenvalue weighted by molar-refractivity contribution is 6.34. The molecule has 150 valence electrons. The molecule has 0 unspecified atom stereocenters. The van der Waals surface area contributed by atoms with Crippen molar-refractivity contribution in [3.05, 3.63) is 83.5 Å². The Morgan fingerprint density at radius 2 is 1.87 bits per heavy atom. The van der Waals surface area contributed by atoms with E-state index in [0.29, 0.717) is 16.4 Å². The molecular formula is C23H19ClN4O2. The van der Waals surface area contributed by atoms with Gasteiger partial charge in [-0.3, -0.25) is 9.48 Å². The maximum absolute atomic E-state index is 12.4. The van der Waals surface area contributed by atoms with E-state index in [4.69, 9.17) is 16.3 Å². The first-order valence-electron chi connectivity index (χ1n) is 9.26. The predicted octanol–water partition coefficient (Wildman–Crippen LogP) is 5.06. The number of methoxy groups -OCH3 is 1. The number of anilines is 1. The van der Waals surface area contributed by atoms with Crippen LogP contribution in [0.25, 0.3) is 22.5 Å². The van der Waals surface area contributed by atoms with Crippen molar-refractivity contribution in [2.24, 2.45) is 7.05 Å². The van der Waals surface area contributed by atoms with Crippen LogP contribution in [-0.4, -0.2) is 27.8 Å². The van der Waals surface area contributed by atoms with Gasteiger partial charge < -0.3 is 10.1 Å². The standard InChI is InChI=1S/C23H19ClN4O2/c1-28-21(13-20(27-28)15-6-5-7-17(12-15)30-2)16-10-11-22(25-14-16)26-23(29)18-8-3-4-9-19(18)24/h3-14H,1-2H3,(H,25,26,29). The lowest BCUT2D eigenvalue weighted by Gasteiger charge is -2.07. The summed E-state index contributed by atoms with van der Waals surface area (Å²) in [6.45, 7) is 0. The third-order valence-corrected chi connectivity index (χ3v) is 4.99. The van der Waals surface area contributed by atoms with Crippen molar-refractivity contribution in [2.45, 2.75) is 0 Å².